The first-order chi connectivity index (χ1) is 9.24. The van der Waals surface area contributed by atoms with Gasteiger partial charge in [-0.05, 0) is 30.7 Å². The van der Waals surface area contributed by atoms with E-state index in [-0.39, 0.29) is 0 Å². The Bertz CT molecular complexity index is 601. The van der Waals surface area contributed by atoms with Crippen LogP contribution in [0.5, 0.6) is 0 Å². The minimum absolute atomic E-state index is 0.295. The maximum atomic E-state index is 12.4. The number of alkyl halides is 3. The number of halogens is 3. The molecule has 0 heterocycles. The molecule has 0 amide bonds. The molecule has 1 N–H and O–H groups in total. The zero-order chi connectivity index (χ0) is 15.3. The standard InChI is InChI=1S/C16H14F3N/c1-5-14-7-6-8-15(10-14)13(4)20-12(3)9-11(2)16(17,18)19/h1,6-10,20H,2,4H2,3H3/b12-9+. The summed E-state index contributed by atoms with van der Waals surface area (Å²) >= 11 is 0. The number of rotatable bonds is 4. The van der Waals surface area contributed by atoms with E-state index in [0.717, 1.165) is 6.08 Å². The van der Waals surface area contributed by atoms with Crippen molar-refractivity contribution in [3.05, 3.63) is 65.9 Å². The Kier molecular flexibility index (Phi) is 4.82. The number of nitrogens with one attached hydrogen (secondary N) is 1. The van der Waals surface area contributed by atoms with Crippen LogP contribution in [0.25, 0.3) is 5.70 Å². The Hall–Kier alpha value is -2.41. The molecular formula is C16H14F3N. The van der Waals surface area contributed by atoms with E-state index in [1.807, 2.05) is 0 Å². The van der Waals surface area contributed by atoms with Crippen molar-refractivity contribution in [1.82, 2.24) is 5.32 Å². The fourth-order valence-electron chi connectivity index (χ4n) is 1.49. The normalized spacial score (nSPS) is 11.7. The highest BCUT2D eigenvalue weighted by Crippen LogP contribution is 2.25. The molecule has 0 fully saturated rings. The third-order valence-electron chi connectivity index (χ3n) is 2.48. The van der Waals surface area contributed by atoms with Crippen LogP contribution in [0.1, 0.15) is 18.1 Å². The van der Waals surface area contributed by atoms with E-state index in [1.165, 1.54) is 6.92 Å². The van der Waals surface area contributed by atoms with Crippen LogP contribution >= 0.6 is 0 Å². The van der Waals surface area contributed by atoms with Gasteiger partial charge in [0.2, 0.25) is 0 Å². The third kappa shape index (κ3) is 4.36. The van der Waals surface area contributed by atoms with Crippen molar-refractivity contribution in [1.29, 1.82) is 0 Å². The highest BCUT2D eigenvalue weighted by molar-refractivity contribution is 5.64. The number of benzene rings is 1. The molecule has 4 heteroatoms. The molecule has 0 aliphatic rings. The van der Waals surface area contributed by atoms with E-state index in [4.69, 9.17) is 6.42 Å². The molecule has 0 saturated heterocycles. The molecule has 20 heavy (non-hydrogen) atoms. The summed E-state index contributed by atoms with van der Waals surface area (Å²) in [4.78, 5) is 0. The van der Waals surface area contributed by atoms with Crippen molar-refractivity contribution in [3.63, 3.8) is 0 Å². The fraction of sp³-hybridized carbons (Fsp3) is 0.125. The molecule has 0 unspecified atom stereocenters. The number of terminal acetylenes is 1. The summed E-state index contributed by atoms with van der Waals surface area (Å²) in [6, 6.07) is 7.00. The molecular weight excluding hydrogens is 263 g/mol. The second kappa shape index (κ2) is 6.16. The summed E-state index contributed by atoms with van der Waals surface area (Å²) in [6.07, 6.45) is 1.78. The molecule has 1 rings (SSSR count). The SMILES string of the molecule is C#Cc1cccc(C(=C)N/C(C)=C/C(=C)C(F)(F)F)c1. The van der Waals surface area contributed by atoms with Crippen molar-refractivity contribution < 1.29 is 13.2 Å². The predicted octanol–water partition coefficient (Wildman–Crippen LogP) is 4.25. The summed E-state index contributed by atoms with van der Waals surface area (Å²) in [5.41, 5.74) is 1.22. The average molecular weight is 277 g/mol. The minimum Gasteiger partial charge on any atom is -0.359 e. The van der Waals surface area contributed by atoms with Gasteiger partial charge in [0.1, 0.15) is 0 Å². The maximum absolute atomic E-state index is 12.4. The molecule has 0 spiro atoms. The van der Waals surface area contributed by atoms with Gasteiger partial charge >= 0.3 is 6.18 Å². The molecule has 0 aromatic heterocycles. The quantitative estimate of drug-likeness (QED) is 0.641. The zero-order valence-corrected chi connectivity index (χ0v) is 11.0. The fourth-order valence-corrected chi connectivity index (χ4v) is 1.49. The van der Waals surface area contributed by atoms with E-state index in [0.29, 0.717) is 22.5 Å². The second-order valence-electron chi connectivity index (χ2n) is 4.18. The number of hydrogen-bond acceptors (Lipinski definition) is 1. The van der Waals surface area contributed by atoms with Crippen LogP contribution in [0.3, 0.4) is 0 Å². The van der Waals surface area contributed by atoms with E-state index < -0.39 is 11.7 Å². The Morgan fingerprint density at radius 3 is 2.55 bits per heavy atom. The first-order valence-electron chi connectivity index (χ1n) is 5.71. The van der Waals surface area contributed by atoms with Crippen LogP contribution in [0, 0.1) is 12.3 Å². The second-order valence-corrected chi connectivity index (χ2v) is 4.18. The third-order valence-corrected chi connectivity index (χ3v) is 2.48. The van der Waals surface area contributed by atoms with Gasteiger partial charge in [-0.25, -0.2) is 0 Å². The van der Waals surface area contributed by atoms with Crippen molar-refractivity contribution in [3.8, 4) is 12.3 Å². The lowest BCUT2D eigenvalue weighted by Crippen LogP contribution is -2.13. The first-order valence-corrected chi connectivity index (χ1v) is 5.71. The van der Waals surface area contributed by atoms with Crippen LogP contribution in [-0.2, 0) is 0 Å². The highest BCUT2D eigenvalue weighted by Gasteiger charge is 2.30. The molecule has 0 bridgehead atoms. The molecule has 0 atom stereocenters. The maximum Gasteiger partial charge on any atom is 0.415 e. The summed E-state index contributed by atoms with van der Waals surface area (Å²) in [7, 11) is 0. The summed E-state index contributed by atoms with van der Waals surface area (Å²) in [5.74, 6) is 2.48. The Morgan fingerprint density at radius 1 is 1.35 bits per heavy atom. The molecule has 0 aliphatic carbocycles. The van der Waals surface area contributed by atoms with Gasteiger partial charge in [-0.2, -0.15) is 13.2 Å². The van der Waals surface area contributed by atoms with Gasteiger partial charge in [-0.3, -0.25) is 0 Å². The van der Waals surface area contributed by atoms with Gasteiger partial charge in [-0.1, -0.05) is 31.2 Å². The predicted molar refractivity (Wildman–Crippen MR) is 75.5 cm³/mol. The minimum atomic E-state index is -4.44. The Balaban J connectivity index is 2.83. The van der Waals surface area contributed by atoms with Crippen LogP contribution in [0.15, 0.2) is 54.8 Å². The molecule has 1 aromatic carbocycles. The van der Waals surface area contributed by atoms with E-state index in [9.17, 15) is 13.2 Å². The highest BCUT2D eigenvalue weighted by atomic mass is 19.4. The van der Waals surface area contributed by atoms with E-state index in [2.05, 4.69) is 24.4 Å². The number of hydrogen-bond donors (Lipinski definition) is 1. The van der Waals surface area contributed by atoms with Crippen LogP contribution in [0.2, 0.25) is 0 Å². The molecule has 1 nitrogen and oxygen atoms in total. The monoisotopic (exact) mass is 277 g/mol. The van der Waals surface area contributed by atoms with Crippen molar-refractivity contribution >= 4 is 5.70 Å². The van der Waals surface area contributed by atoms with Crippen LogP contribution in [0.4, 0.5) is 13.2 Å². The summed E-state index contributed by atoms with van der Waals surface area (Å²) in [6.45, 7) is 8.26. The molecule has 1 aromatic rings. The topological polar surface area (TPSA) is 12.0 Å². The lowest BCUT2D eigenvalue weighted by atomic mass is 10.1. The molecule has 0 saturated carbocycles. The van der Waals surface area contributed by atoms with Crippen molar-refractivity contribution in [2.45, 2.75) is 13.1 Å². The lowest BCUT2D eigenvalue weighted by Gasteiger charge is -2.12. The first kappa shape index (κ1) is 15.6. The number of allylic oxidation sites excluding steroid dienone is 3. The van der Waals surface area contributed by atoms with Crippen LogP contribution in [-0.4, -0.2) is 6.18 Å². The molecule has 104 valence electrons. The van der Waals surface area contributed by atoms with Crippen LogP contribution < -0.4 is 5.32 Å². The van der Waals surface area contributed by atoms with Gasteiger partial charge in [-0.15, -0.1) is 6.42 Å². The van der Waals surface area contributed by atoms with Gasteiger partial charge in [0, 0.05) is 17.0 Å². The Morgan fingerprint density at radius 2 is 2.00 bits per heavy atom. The smallest absolute Gasteiger partial charge is 0.359 e. The largest absolute Gasteiger partial charge is 0.415 e. The van der Waals surface area contributed by atoms with E-state index in [1.54, 1.807) is 24.3 Å². The van der Waals surface area contributed by atoms with Gasteiger partial charge < -0.3 is 5.32 Å². The lowest BCUT2D eigenvalue weighted by molar-refractivity contribution is -0.0879. The van der Waals surface area contributed by atoms with Crippen molar-refractivity contribution in [2.75, 3.05) is 0 Å². The van der Waals surface area contributed by atoms with Gasteiger partial charge in [0.15, 0.2) is 0 Å². The van der Waals surface area contributed by atoms with Gasteiger partial charge in [0.05, 0.1) is 5.57 Å². The molecule has 0 radical (unpaired) electrons. The molecule has 0 aliphatic heterocycles. The van der Waals surface area contributed by atoms with Gasteiger partial charge in [0.25, 0.3) is 0 Å². The summed E-state index contributed by atoms with van der Waals surface area (Å²) < 4.78 is 37.1. The summed E-state index contributed by atoms with van der Waals surface area (Å²) in [5, 5.41) is 2.79. The van der Waals surface area contributed by atoms with E-state index >= 15 is 0 Å². The zero-order valence-electron chi connectivity index (χ0n) is 11.0. The Labute approximate surface area is 116 Å². The van der Waals surface area contributed by atoms with Crippen molar-refractivity contribution in [2.24, 2.45) is 0 Å². The average Bonchev–Trinajstić information content (AvgIpc) is 2.37.